The molecule has 1 amide bonds. The summed E-state index contributed by atoms with van der Waals surface area (Å²) in [6, 6.07) is 29.2. The molecular formula is C36H31FN2O7S. The third-order valence-electron chi connectivity index (χ3n) is 7.34. The van der Waals surface area contributed by atoms with Gasteiger partial charge in [0.2, 0.25) is 10.0 Å². The van der Waals surface area contributed by atoms with Crippen LogP contribution in [-0.2, 0) is 28.9 Å². The fraction of sp³-hybridized carbons (Fsp3) is 0.111. The van der Waals surface area contributed by atoms with E-state index in [1.165, 1.54) is 42.5 Å². The van der Waals surface area contributed by atoms with Gasteiger partial charge in [0.05, 0.1) is 17.0 Å². The fourth-order valence-corrected chi connectivity index (χ4v) is 6.18. The molecule has 5 aromatic carbocycles. The molecule has 240 valence electrons. The smallest absolute Gasteiger partial charge is 0.335 e. The second-order valence-corrected chi connectivity index (χ2v) is 12.5. The first-order valence-electron chi connectivity index (χ1n) is 14.5. The Morgan fingerprint density at radius 1 is 0.830 bits per heavy atom. The van der Waals surface area contributed by atoms with Crippen LogP contribution in [-0.4, -0.2) is 30.5 Å². The minimum atomic E-state index is -4.14. The van der Waals surface area contributed by atoms with Gasteiger partial charge in [-0.3, -0.25) is 9.52 Å². The second kappa shape index (κ2) is 14.2. The first-order valence-corrected chi connectivity index (χ1v) is 16.1. The van der Waals surface area contributed by atoms with Crippen LogP contribution in [0.25, 0.3) is 11.1 Å². The van der Waals surface area contributed by atoms with Gasteiger partial charge >= 0.3 is 5.97 Å². The summed E-state index contributed by atoms with van der Waals surface area (Å²) in [4.78, 5) is 24.3. The number of benzene rings is 5. The Kier molecular flexibility index (Phi) is 9.86. The van der Waals surface area contributed by atoms with E-state index in [1.807, 2.05) is 19.1 Å². The van der Waals surface area contributed by atoms with E-state index in [9.17, 15) is 28.2 Å². The summed E-state index contributed by atoms with van der Waals surface area (Å²) in [5.41, 5.74) is 3.53. The summed E-state index contributed by atoms with van der Waals surface area (Å²) in [6.45, 7) is 1.90. The van der Waals surface area contributed by atoms with Crippen molar-refractivity contribution in [3.63, 3.8) is 0 Å². The Balaban J connectivity index is 1.19. The van der Waals surface area contributed by atoms with Crippen molar-refractivity contribution in [1.82, 2.24) is 5.32 Å². The number of amides is 1. The summed E-state index contributed by atoms with van der Waals surface area (Å²) in [5.74, 6) is -2.32. The van der Waals surface area contributed by atoms with Crippen molar-refractivity contribution in [2.45, 2.75) is 25.8 Å². The highest BCUT2D eigenvalue weighted by atomic mass is 32.2. The highest BCUT2D eigenvalue weighted by Gasteiger charge is 2.20. The van der Waals surface area contributed by atoms with Gasteiger partial charge in [-0.05, 0) is 77.2 Å². The van der Waals surface area contributed by atoms with Crippen LogP contribution < -0.4 is 14.8 Å². The van der Waals surface area contributed by atoms with Crippen molar-refractivity contribution in [2.75, 3.05) is 4.72 Å². The van der Waals surface area contributed by atoms with Gasteiger partial charge in [-0.15, -0.1) is 0 Å². The minimum Gasteiger partial charge on any atom is -0.508 e. The quantitative estimate of drug-likeness (QED) is 0.118. The largest absolute Gasteiger partial charge is 0.508 e. The van der Waals surface area contributed by atoms with E-state index in [0.717, 1.165) is 22.3 Å². The molecule has 0 spiro atoms. The van der Waals surface area contributed by atoms with Crippen molar-refractivity contribution in [2.24, 2.45) is 0 Å². The average molecular weight is 655 g/mol. The van der Waals surface area contributed by atoms with Gasteiger partial charge in [0, 0.05) is 17.7 Å². The number of carbonyl (C=O) groups excluding carboxylic acids is 1. The molecule has 0 fully saturated rings. The maximum atomic E-state index is 15.3. The predicted octanol–water partition coefficient (Wildman–Crippen LogP) is 6.66. The van der Waals surface area contributed by atoms with Gasteiger partial charge in [0.25, 0.3) is 5.91 Å². The molecule has 9 nitrogen and oxygen atoms in total. The fourth-order valence-electron chi connectivity index (χ4n) is 4.95. The van der Waals surface area contributed by atoms with E-state index in [0.29, 0.717) is 11.3 Å². The zero-order valence-corrected chi connectivity index (χ0v) is 26.1. The number of ether oxygens (including phenoxy) is 1. The molecule has 0 aliphatic carbocycles. The number of phenols is 1. The lowest BCUT2D eigenvalue weighted by Crippen LogP contribution is -2.22. The van der Waals surface area contributed by atoms with E-state index in [-0.39, 0.29) is 47.2 Å². The summed E-state index contributed by atoms with van der Waals surface area (Å²) in [7, 11) is -4.14. The predicted molar refractivity (Wildman–Crippen MR) is 176 cm³/mol. The number of carboxylic acid groups (broad SMARTS) is 1. The maximum absolute atomic E-state index is 15.3. The van der Waals surface area contributed by atoms with Crippen LogP contribution in [0.1, 0.15) is 43.0 Å². The number of anilines is 1. The van der Waals surface area contributed by atoms with Crippen molar-refractivity contribution in [3.8, 4) is 22.6 Å². The molecule has 0 atom stereocenters. The molecule has 0 radical (unpaired) electrons. The summed E-state index contributed by atoms with van der Waals surface area (Å²) < 4.78 is 49.0. The third kappa shape index (κ3) is 8.33. The van der Waals surface area contributed by atoms with Crippen molar-refractivity contribution in [1.29, 1.82) is 0 Å². The lowest BCUT2D eigenvalue weighted by molar-refractivity contribution is 0.0695. The van der Waals surface area contributed by atoms with Gasteiger partial charge in [-0.25, -0.2) is 17.6 Å². The highest BCUT2D eigenvalue weighted by Crippen LogP contribution is 2.26. The number of carbonyl (C=O) groups is 2. The molecule has 5 rings (SSSR count). The Hall–Kier alpha value is -5.68. The van der Waals surface area contributed by atoms with Crippen LogP contribution in [0.4, 0.5) is 10.1 Å². The first kappa shape index (κ1) is 32.7. The van der Waals surface area contributed by atoms with Crippen LogP contribution in [0, 0.1) is 12.7 Å². The normalized spacial score (nSPS) is 11.1. The zero-order valence-electron chi connectivity index (χ0n) is 25.2. The summed E-state index contributed by atoms with van der Waals surface area (Å²) >= 11 is 0. The molecule has 0 saturated carbocycles. The summed E-state index contributed by atoms with van der Waals surface area (Å²) in [6.07, 6.45) is 0. The van der Waals surface area contributed by atoms with Crippen LogP contribution in [0.15, 0.2) is 109 Å². The number of aromatic carboxylic acids is 1. The molecule has 0 unspecified atom stereocenters. The van der Waals surface area contributed by atoms with Gasteiger partial charge in [0.15, 0.2) is 5.82 Å². The van der Waals surface area contributed by atoms with Crippen molar-refractivity contribution < 1.29 is 37.3 Å². The number of nitrogens with one attached hydrogen (secondary N) is 2. The molecule has 4 N–H and O–H groups in total. The molecule has 47 heavy (non-hydrogen) atoms. The molecule has 0 bridgehead atoms. The van der Waals surface area contributed by atoms with Crippen LogP contribution in [0.3, 0.4) is 0 Å². The number of sulfonamides is 1. The molecule has 0 heterocycles. The number of hydrogen-bond acceptors (Lipinski definition) is 6. The number of aryl methyl sites for hydroxylation is 1. The number of phenolic OH excluding ortho intramolecular Hbond substituents is 1. The lowest BCUT2D eigenvalue weighted by Gasteiger charge is -2.14. The lowest BCUT2D eigenvalue weighted by atomic mass is 10.0. The van der Waals surface area contributed by atoms with Crippen molar-refractivity contribution >= 4 is 27.6 Å². The number of hydrogen-bond donors (Lipinski definition) is 4. The molecule has 5 aromatic rings. The number of rotatable bonds is 12. The average Bonchev–Trinajstić information content (AvgIpc) is 3.05. The summed E-state index contributed by atoms with van der Waals surface area (Å²) in [5, 5.41) is 21.8. The molecule has 0 aromatic heterocycles. The monoisotopic (exact) mass is 654 g/mol. The number of aromatic hydroxyl groups is 1. The molecule has 11 heteroatoms. The molecule has 0 aliphatic rings. The van der Waals surface area contributed by atoms with Gasteiger partial charge < -0.3 is 20.3 Å². The molecule has 0 aliphatic heterocycles. The van der Waals surface area contributed by atoms with Gasteiger partial charge in [0.1, 0.15) is 18.1 Å². The second-order valence-electron chi connectivity index (χ2n) is 10.8. The Bertz CT molecular complexity index is 2050. The van der Waals surface area contributed by atoms with E-state index in [1.54, 1.807) is 54.6 Å². The third-order valence-corrected chi connectivity index (χ3v) is 8.56. The van der Waals surface area contributed by atoms with E-state index in [4.69, 9.17) is 4.74 Å². The number of halogens is 1. The van der Waals surface area contributed by atoms with E-state index < -0.39 is 27.6 Å². The Morgan fingerprint density at radius 2 is 1.55 bits per heavy atom. The Labute approximate surface area is 271 Å². The molecule has 0 saturated heterocycles. The maximum Gasteiger partial charge on any atom is 0.335 e. The topological polar surface area (TPSA) is 142 Å². The SMILES string of the molecule is Cc1cc(CNC(=O)c2cccc(-c3ccc(O)cc3)c2)ccc1OCc1cccc(NS(=O)(=O)Cc2ccccc2C(=O)O)c1F. The standard InChI is InChI=1S/C36H31FN2O7S/c1-23-18-24(20-38-35(41)27-8-4-7-26(19-27)25-13-15-30(40)16-14-25)12-17-33(23)46-21-28-9-5-11-32(34(28)37)39-47(44,45)22-29-6-2-3-10-31(29)36(42)43/h2-19,39-40H,20-22H2,1H3,(H,38,41)(H,42,43). The van der Waals surface area contributed by atoms with Gasteiger partial charge in [-0.2, -0.15) is 0 Å². The van der Waals surface area contributed by atoms with E-state index in [2.05, 4.69) is 10.0 Å². The number of carboxylic acids is 1. The highest BCUT2D eigenvalue weighted by molar-refractivity contribution is 7.91. The van der Waals surface area contributed by atoms with Crippen LogP contribution >= 0.6 is 0 Å². The van der Waals surface area contributed by atoms with Crippen LogP contribution in [0.2, 0.25) is 0 Å². The van der Waals surface area contributed by atoms with Crippen molar-refractivity contribution in [3.05, 3.63) is 148 Å². The van der Waals surface area contributed by atoms with Crippen LogP contribution in [0.5, 0.6) is 11.5 Å². The zero-order chi connectivity index (χ0) is 33.6. The minimum absolute atomic E-state index is 0.0747. The van der Waals surface area contributed by atoms with E-state index >= 15 is 4.39 Å². The molecular weight excluding hydrogens is 623 g/mol. The first-order chi connectivity index (χ1) is 22.5. The van der Waals surface area contributed by atoms with Gasteiger partial charge in [-0.1, -0.05) is 66.7 Å². The Morgan fingerprint density at radius 3 is 2.30 bits per heavy atom.